The summed E-state index contributed by atoms with van der Waals surface area (Å²) in [5, 5.41) is 9.00. The summed E-state index contributed by atoms with van der Waals surface area (Å²) < 4.78 is 2.02. The van der Waals surface area contributed by atoms with Gasteiger partial charge in [0.1, 0.15) is 5.52 Å². The van der Waals surface area contributed by atoms with Crippen molar-refractivity contribution >= 4 is 17.1 Å². The molecule has 1 aliphatic heterocycles. The van der Waals surface area contributed by atoms with Gasteiger partial charge < -0.3 is 9.47 Å². The van der Waals surface area contributed by atoms with Crippen molar-refractivity contribution in [2.75, 3.05) is 13.1 Å². The lowest BCUT2D eigenvalue weighted by Gasteiger charge is -2.29. The lowest BCUT2D eigenvalue weighted by molar-refractivity contribution is 0.0707. The highest BCUT2D eigenvalue weighted by Gasteiger charge is 2.24. The highest BCUT2D eigenvalue weighted by molar-refractivity contribution is 5.96. The number of likely N-dealkylation sites (tertiary alicyclic amines) is 1. The summed E-state index contributed by atoms with van der Waals surface area (Å²) in [7, 11) is 0. The summed E-state index contributed by atoms with van der Waals surface area (Å²) >= 11 is 0. The molecular formula is C21H21N5O. The smallest absolute Gasteiger partial charge is 0.255 e. The lowest BCUT2D eigenvalue weighted by Crippen LogP contribution is -2.38. The first-order valence-corrected chi connectivity index (χ1v) is 9.28. The van der Waals surface area contributed by atoms with Gasteiger partial charge in [0.05, 0.1) is 18.0 Å². The van der Waals surface area contributed by atoms with E-state index < -0.39 is 0 Å². The van der Waals surface area contributed by atoms with Crippen molar-refractivity contribution in [1.82, 2.24) is 19.4 Å². The number of nitriles is 1. The Morgan fingerprint density at radius 1 is 1.19 bits per heavy atom. The van der Waals surface area contributed by atoms with E-state index in [0.717, 1.165) is 37.0 Å². The Morgan fingerprint density at radius 3 is 2.70 bits per heavy atom. The second kappa shape index (κ2) is 7.58. The summed E-state index contributed by atoms with van der Waals surface area (Å²) in [6, 6.07) is 14.4. The number of hydrogen-bond acceptors (Lipinski definition) is 4. The van der Waals surface area contributed by atoms with Crippen molar-refractivity contribution in [2.45, 2.75) is 25.8 Å². The second-order valence-corrected chi connectivity index (χ2v) is 6.94. The van der Waals surface area contributed by atoms with Gasteiger partial charge in [0.25, 0.3) is 5.91 Å². The molecular weight excluding hydrogens is 338 g/mol. The van der Waals surface area contributed by atoms with E-state index in [2.05, 4.69) is 28.2 Å². The standard InChI is InChI=1S/C21H21N5O/c22-13-17-7-9-25(10-8-17)21(27)18-12-19-20(23-14-18)26(15-24-19)11-6-16-4-2-1-3-5-16/h1-5,12,14-15,17H,6-11H2. The molecule has 6 heteroatoms. The molecule has 0 unspecified atom stereocenters. The predicted molar refractivity (Wildman–Crippen MR) is 102 cm³/mol. The molecule has 0 spiro atoms. The second-order valence-electron chi connectivity index (χ2n) is 6.94. The first-order chi connectivity index (χ1) is 13.2. The topological polar surface area (TPSA) is 74.8 Å². The number of rotatable bonds is 4. The third-order valence-electron chi connectivity index (χ3n) is 5.15. The number of carbonyl (C=O) groups is 1. The van der Waals surface area contributed by atoms with Crippen LogP contribution < -0.4 is 0 Å². The minimum absolute atomic E-state index is 0.0281. The zero-order valence-electron chi connectivity index (χ0n) is 15.1. The molecule has 136 valence electrons. The van der Waals surface area contributed by atoms with Crippen LogP contribution in [0.4, 0.5) is 0 Å². The fourth-order valence-corrected chi connectivity index (χ4v) is 3.52. The molecule has 0 bridgehead atoms. The molecule has 1 aromatic carbocycles. The molecule has 0 atom stereocenters. The van der Waals surface area contributed by atoms with Crippen LogP contribution >= 0.6 is 0 Å². The van der Waals surface area contributed by atoms with Crippen LogP contribution in [-0.4, -0.2) is 38.4 Å². The third-order valence-corrected chi connectivity index (χ3v) is 5.15. The van der Waals surface area contributed by atoms with Crippen LogP contribution in [0.5, 0.6) is 0 Å². The van der Waals surface area contributed by atoms with Crippen LogP contribution in [0.25, 0.3) is 11.2 Å². The quantitative estimate of drug-likeness (QED) is 0.717. The molecule has 0 N–H and O–H groups in total. The maximum atomic E-state index is 12.7. The number of imidazole rings is 1. The molecule has 1 fully saturated rings. The van der Waals surface area contributed by atoms with Crippen molar-refractivity contribution < 1.29 is 4.79 Å². The van der Waals surface area contributed by atoms with Gasteiger partial charge in [0.15, 0.2) is 5.65 Å². The van der Waals surface area contributed by atoms with E-state index in [1.807, 2.05) is 33.7 Å². The highest BCUT2D eigenvalue weighted by atomic mass is 16.2. The number of carbonyl (C=O) groups excluding carboxylic acids is 1. The Bertz CT molecular complexity index is 981. The minimum atomic E-state index is -0.0281. The van der Waals surface area contributed by atoms with Gasteiger partial charge in [0.2, 0.25) is 0 Å². The molecule has 0 saturated carbocycles. The zero-order valence-corrected chi connectivity index (χ0v) is 15.1. The van der Waals surface area contributed by atoms with E-state index in [0.29, 0.717) is 18.7 Å². The lowest BCUT2D eigenvalue weighted by atomic mass is 9.98. The summed E-state index contributed by atoms with van der Waals surface area (Å²) in [6.07, 6.45) is 5.82. The van der Waals surface area contributed by atoms with E-state index in [1.165, 1.54) is 5.56 Å². The van der Waals surface area contributed by atoms with Crippen molar-refractivity contribution in [3.8, 4) is 6.07 Å². The zero-order chi connectivity index (χ0) is 18.6. The fraction of sp³-hybridized carbons (Fsp3) is 0.333. The molecule has 6 nitrogen and oxygen atoms in total. The van der Waals surface area contributed by atoms with E-state index in [4.69, 9.17) is 5.26 Å². The molecule has 3 aromatic rings. The normalized spacial score (nSPS) is 15.0. The van der Waals surface area contributed by atoms with Crippen molar-refractivity contribution in [1.29, 1.82) is 5.26 Å². The van der Waals surface area contributed by atoms with Gasteiger partial charge in [-0.2, -0.15) is 5.26 Å². The molecule has 1 amide bonds. The predicted octanol–water partition coefficient (Wildman–Crippen LogP) is 3.05. The molecule has 0 radical (unpaired) electrons. The maximum Gasteiger partial charge on any atom is 0.255 e. The van der Waals surface area contributed by atoms with E-state index in [1.54, 1.807) is 12.5 Å². The van der Waals surface area contributed by atoms with E-state index in [-0.39, 0.29) is 11.8 Å². The number of hydrogen-bond donors (Lipinski definition) is 0. The first-order valence-electron chi connectivity index (χ1n) is 9.28. The number of benzene rings is 1. The molecule has 2 aromatic heterocycles. The van der Waals surface area contributed by atoms with Crippen LogP contribution in [0.15, 0.2) is 48.9 Å². The van der Waals surface area contributed by atoms with Crippen molar-refractivity contribution in [3.05, 3.63) is 60.0 Å². The highest BCUT2D eigenvalue weighted by Crippen LogP contribution is 2.20. The SMILES string of the molecule is N#CC1CCN(C(=O)c2cnc3c(c2)ncn3CCc2ccccc2)CC1. The van der Waals surface area contributed by atoms with Gasteiger partial charge in [0, 0.05) is 31.7 Å². The largest absolute Gasteiger partial charge is 0.339 e. The number of aryl methyl sites for hydroxylation is 2. The average molecular weight is 359 g/mol. The Morgan fingerprint density at radius 2 is 1.96 bits per heavy atom. The molecule has 3 heterocycles. The maximum absolute atomic E-state index is 12.7. The van der Waals surface area contributed by atoms with Crippen LogP contribution in [-0.2, 0) is 13.0 Å². The molecule has 1 aliphatic rings. The van der Waals surface area contributed by atoms with E-state index >= 15 is 0 Å². The number of amides is 1. The van der Waals surface area contributed by atoms with Crippen LogP contribution in [0.3, 0.4) is 0 Å². The molecule has 1 saturated heterocycles. The Kier molecular flexibility index (Phi) is 4.84. The van der Waals surface area contributed by atoms with Gasteiger partial charge in [-0.1, -0.05) is 30.3 Å². The summed E-state index contributed by atoms with van der Waals surface area (Å²) in [4.78, 5) is 23.5. The number of pyridine rings is 1. The van der Waals surface area contributed by atoms with Crippen LogP contribution in [0.1, 0.15) is 28.8 Å². The summed E-state index contributed by atoms with van der Waals surface area (Å²) in [5.74, 6) is 0.0367. The van der Waals surface area contributed by atoms with Gasteiger partial charge >= 0.3 is 0 Å². The number of piperidine rings is 1. The number of aromatic nitrogens is 3. The van der Waals surface area contributed by atoms with E-state index in [9.17, 15) is 4.79 Å². The van der Waals surface area contributed by atoms with Gasteiger partial charge in [-0.05, 0) is 30.9 Å². The van der Waals surface area contributed by atoms with Crippen molar-refractivity contribution in [3.63, 3.8) is 0 Å². The van der Waals surface area contributed by atoms with Crippen LogP contribution in [0, 0.1) is 17.2 Å². The van der Waals surface area contributed by atoms with Crippen LogP contribution in [0.2, 0.25) is 0 Å². The monoisotopic (exact) mass is 359 g/mol. The van der Waals surface area contributed by atoms with Crippen molar-refractivity contribution in [2.24, 2.45) is 5.92 Å². The molecule has 27 heavy (non-hydrogen) atoms. The van der Waals surface area contributed by atoms with Gasteiger partial charge in [-0.3, -0.25) is 4.79 Å². The number of nitrogens with zero attached hydrogens (tertiary/aromatic N) is 5. The van der Waals surface area contributed by atoms with Gasteiger partial charge in [-0.15, -0.1) is 0 Å². The summed E-state index contributed by atoms with van der Waals surface area (Å²) in [6.45, 7) is 2.05. The Labute approximate surface area is 158 Å². The summed E-state index contributed by atoms with van der Waals surface area (Å²) in [5.41, 5.74) is 3.37. The third kappa shape index (κ3) is 3.68. The fourth-order valence-electron chi connectivity index (χ4n) is 3.52. The number of fused-ring (bicyclic) bond motifs is 1. The average Bonchev–Trinajstić information content (AvgIpc) is 3.15. The minimum Gasteiger partial charge on any atom is -0.339 e. The Hall–Kier alpha value is -3.20. The molecule has 0 aliphatic carbocycles. The van der Waals surface area contributed by atoms with Gasteiger partial charge in [-0.25, -0.2) is 9.97 Å². The first kappa shape index (κ1) is 17.2. The molecule has 4 rings (SSSR count). The Balaban J connectivity index is 1.47.